The molecule has 3 aromatic rings. The van der Waals surface area contributed by atoms with E-state index in [-0.39, 0.29) is 5.91 Å². The van der Waals surface area contributed by atoms with Crippen molar-refractivity contribution in [2.45, 2.75) is 0 Å². The Balaban J connectivity index is 1.62. The molecule has 2 aromatic carbocycles. The molecule has 0 unspecified atom stereocenters. The van der Waals surface area contributed by atoms with E-state index in [1.54, 1.807) is 19.4 Å². The molecular formula is C18H16N4O2. The fourth-order valence-electron chi connectivity index (χ4n) is 2.11. The average molecular weight is 320 g/mol. The largest absolute Gasteiger partial charge is 0.497 e. The number of carbonyl (C=O) groups excluding carboxylic acids is 1. The van der Waals surface area contributed by atoms with Crippen molar-refractivity contribution in [3.63, 3.8) is 0 Å². The molecule has 1 heterocycles. The monoisotopic (exact) mass is 320 g/mol. The van der Waals surface area contributed by atoms with E-state index in [0.29, 0.717) is 11.4 Å². The van der Waals surface area contributed by atoms with Gasteiger partial charge in [-0.2, -0.15) is 10.2 Å². The van der Waals surface area contributed by atoms with Gasteiger partial charge in [-0.3, -0.25) is 9.89 Å². The maximum Gasteiger partial charge on any atom is 0.289 e. The van der Waals surface area contributed by atoms with E-state index < -0.39 is 0 Å². The van der Waals surface area contributed by atoms with Crippen LogP contribution in [0.25, 0.3) is 11.3 Å². The van der Waals surface area contributed by atoms with E-state index in [4.69, 9.17) is 4.74 Å². The van der Waals surface area contributed by atoms with Gasteiger partial charge >= 0.3 is 0 Å². The van der Waals surface area contributed by atoms with Crippen molar-refractivity contribution < 1.29 is 9.53 Å². The van der Waals surface area contributed by atoms with Crippen molar-refractivity contribution >= 4 is 12.1 Å². The highest BCUT2D eigenvalue weighted by Gasteiger charge is 2.09. The number of aromatic nitrogens is 2. The number of carbonyl (C=O) groups is 1. The summed E-state index contributed by atoms with van der Waals surface area (Å²) in [5.74, 6) is 0.413. The maximum absolute atomic E-state index is 12.1. The number of aromatic amines is 1. The number of benzene rings is 2. The van der Waals surface area contributed by atoms with Gasteiger partial charge in [-0.1, -0.05) is 30.3 Å². The summed E-state index contributed by atoms with van der Waals surface area (Å²) in [7, 11) is 1.61. The van der Waals surface area contributed by atoms with E-state index in [1.807, 2.05) is 54.6 Å². The first kappa shape index (κ1) is 15.5. The third-order valence-electron chi connectivity index (χ3n) is 3.39. The number of hydrogen-bond acceptors (Lipinski definition) is 4. The Morgan fingerprint density at radius 3 is 2.62 bits per heavy atom. The van der Waals surface area contributed by atoms with Crippen LogP contribution in [0.4, 0.5) is 0 Å². The molecule has 0 spiro atoms. The van der Waals surface area contributed by atoms with Gasteiger partial charge in [0.1, 0.15) is 11.4 Å². The Bertz CT molecular complexity index is 839. The van der Waals surface area contributed by atoms with Crippen LogP contribution in [0.1, 0.15) is 16.1 Å². The predicted octanol–water partition coefficient (Wildman–Crippen LogP) is 2.85. The van der Waals surface area contributed by atoms with Gasteiger partial charge in [0.2, 0.25) is 0 Å². The molecule has 0 fully saturated rings. The second kappa shape index (κ2) is 7.23. The summed E-state index contributed by atoms with van der Waals surface area (Å²) in [6.07, 6.45) is 1.56. The topological polar surface area (TPSA) is 79.4 Å². The van der Waals surface area contributed by atoms with Crippen molar-refractivity contribution in [3.8, 4) is 17.0 Å². The molecule has 1 amide bonds. The van der Waals surface area contributed by atoms with Gasteiger partial charge < -0.3 is 4.74 Å². The lowest BCUT2D eigenvalue weighted by molar-refractivity contribution is 0.0950. The van der Waals surface area contributed by atoms with Crippen LogP contribution in [0.3, 0.4) is 0 Å². The van der Waals surface area contributed by atoms with Gasteiger partial charge in [-0.05, 0) is 35.9 Å². The molecule has 6 nitrogen and oxygen atoms in total. The number of nitrogens with one attached hydrogen (secondary N) is 2. The Kier molecular flexibility index (Phi) is 4.67. The summed E-state index contributed by atoms with van der Waals surface area (Å²) < 4.78 is 5.08. The van der Waals surface area contributed by atoms with Gasteiger partial charge in [-0.15, -0.1) is 0 Å². The first-order valence-electron chi connectivity index (χ1n) is 7.34. The highest BCUT2D eigenvalue weighted by molar-refractivity contribution is 5.94. The lowest BCUT2D eigenvalue weighted by Crippen LogP contribution is -2.17. The zero-order valence-electron chi connectivity index (χ0n) is 13.1. The SMILES string of the molecule is COc1ccc(/C=N/NC(=O)c2cc(-c3ccccc3)n[nH]2)cc1. The van der Waals surface area contributed by atoms with Crippen molar-refractivity contribution in [2.75, 3.05) is 7.11 Å². The maximum atomic E-state index is 12.1. The standard InChI is InChI=1S/C18H16N4O2/c1-24-15-9-7-13(8-10-15)12-19-22-18(23)17-11-16(20-21-17)14-5-3-2-4-6-14/h2-12H,1H3,(H,20,21)(H,22,23)/b19-12+. The number of rotatable bonds is 5. The summed E-state index contributed by atoms with van der Waals surface area (Å²) in [5.41, 5.74) is 5.32. The molecule has 120 valence electrons. The molecule has 0 saturated carbocycles. The number of amides is 1. The van der Waals surface area contributed by atoms with Gasteiger partial charge in [0.25, 0.3) is 5.91 Å². The molecule has 1 aromatic heterocycles. The van der Waals surface area contributed by atoms with Gasteiger partial charge in [0.15, 0.2) is 0 Å². The van der Waals surface area contributed by atoms with E-state index in [0.717, 1.165) is 16.9 Å². The zero-order chi connectivity index (χ0) is 16.8. The number of nitrogens with zero attached hydrogens (tertiary/aromatic N) is 2. The summed E-state index contributed by atoms with van der Waals surface area (Å²) in [6, 6.07) is 18.7. The first-order chi connectivity index (χ1) is 11.8. The molecule has 0 radical (unpaired) electrons. The van der Waals surface area contributed by atoms with Crippen LogP contribution in [0, 0.1) is 0 Å². The van der Waals surface area contributed by atoms with E-state index in [1.165, 1.54) is 0 Å². The van der Waals surface area contributed by atoms with Crippen molar-refractivity contribution in [1.82, 2.24) is 15.6 Å². The third-order valence-corrected chi connectivity index (χ3v) is 3.39. The van der Waals surface area contributed by atoms with Gasteiger partial charge in [0.05, 0.1) is 19.0 Å². The van der Waals surface area contributed by atoms with E-state index in [2.05, 4.69) is 20.7 Å². The summed E-state index contributed by atoms with van der Waals surface area (Å²) in [6.45, 7) is 0. The second-order valence-corrected chi connectivity index (χ2v) is 5.01. The Labute approximate surface area is 139 Å². The van der Waals surface area contributed by atoms with Crippen LogP contribution in [0.5, 0.6) is 5.75 Å². The average Bonchev–Trinajstić information content (AvgIpc) is 3.13. The molecule has 0 aliphatic carbocycles. The number of ether oxygens (including phenoxy) is 1. The molecule has 0 saturated heterocycles. The predicted molar refractivity (Wildman–Crippen MR) is 92.1 cm³/mol. The molecule has 0 aliphatic heterocycles. The Morgan fingerprint density at radius 1 is 1.17 bits per heavy atom. The highest BCUT2D eigenvalue weighted by Crippen LogP contribution is 2.16. The van der Waals surface area contributed by atoms with Crippen LogP contribution < -0.4 is 10.2 Å². The van der Waals surface area contributed by atoms with Crippen LogP contribution >= 0.6 is 0 Å². The zero-order valence-corrected chi connectivity index (χ0v) is 13.1. The van der Waals surface area contributed by atoms with Crippen molar-refractivity contribution in [2.24, 2.45) is 5.10 Å². The number of hydrazone groups is 1. The molecule has 24 heavy (non-hydrogen) atoms. The number of hydrogen-bond donors (Lipinski definition) is 2. The van der Waals surface area contributed by atoms with Crippen molar-refractivity contribution in [3.05, 3.63) is 71.9 Å². The normalized spacial score (nSPS) is 10.7. The van der Waals surface area contributed by atoms with Gasteiger partial charge in [0, 0.05) is 5.56 Å². The summed E-state index contributed by atoms with van der Waals surface area (Å²) in [5, 5.41) is 10.8. The summed E-state index contributed by atoms with van der Waals surface area (Å²) in [4.78, 5) is 12.1. The fourth-order valence-corrected chi connectivity index (χ4v) is 2.11. The minimum atomic E-state index is -0.352. The quantitative estimate of drug-likeness (QED) is 0.560. The fraction of sp³-hybridized carbons (Fsp3) is 0.0556. The van der Waals surface area contributed by atoms with Gasteiger partial charge in [-0.25, -0.2) is 5.43 Å². The molecule has 3 rings (SSSR count). The smallest absolute Gasteiger partial charge is 0.289 e. The Morgan fingerprint density at radius 2 is 1.92 bits per heavy atom. The molecule has 0 atom stereocenters. The van der Waals surface area contributed by atoms with Crippen LogP contribution in [-0.2, 0) is 0 Å². The lowest BCUT2D eigenvalue weighted by Gasteiger charge is -1.99. The van der Waals surface area contributed by atoms with E-state index in [9.17, 15) is 4.79 Å². The molecular weight excluding hydrogens is 304 g/mol. The highest BCUT2D eigenvalue weighted by atomic mass is 16.5. The number of H-pyrrole nitrogens is 1. The third kappa shape index (κ3) is 3.67. The van der Waals surface area contributed by atoms with Crippen LogP contribution in [0.2, 0.25) is 0 Å². The van der Waals surface area contributed by atoms with Crippen LogP contribution in [0.15, 0.2) is 65.8 Å². The minimum absolute atomic E-state index is 0.348. The molecule has 0 bridgehead atoms. The van der Waals surface area contributed by atoms with E-state index >= 15 is 0 Å². The molecule has 2 N–H and O–H groups in total. The summed E-state index contributed by atoms with van der Waals surface area (Å²) >= 11 is 0. The first-order valence-corrected chi connectivity index (χ1v) is 7.34. The molecule has 0 aliphatic rings. The van der Waals surface area contributed by atoms with Crippen molar-refractivity contribution in [1.29, 1.82) is 0 Å². The van der Waals surface area contributed by atoms with Crippen LogP contribution in [-0.4, -0.2) is 29.4 Å². The lowest BCUT2D eigenvalue weighted by atomic mass is 10.1. The minimum Gasteiger partial charge on any atom is -0.497 e. The number of methoxy groups -OCH3 is 1. The Hall–Kier alpha value is -3.41. The second-order valence-electron chi connectivity index (χ2n) is 5.01. The molecule has 6 heteroatoms.